The second-order valence-electron chi connectivity index (χ2n) is 4.12. The highest BCUT2D eigenvalue weighted by atomic mass is 127. The van der Waals surface area contributed by atoms with Crippen molar-refractivity contribution in [2.24, 2.45) is 0 Å². The number of hydrogen-bond donors (Lipinski definition) is 0. The van der Waals surface area contributed by atoms with Gasteiger partial charge >= 0.3 is 0 Å². The third kappa shape index (κ3) is 2.19. The van der Waals surface area contributed by atoms with E-state index < -0.39 is 0 Å². The Morgan fingerprint density at radius 2 is 1.89 bits per heavy atom. The zero-order valence-electron chi connectivity index (χ0n) is 9.58. The van der Waals surface area contributed by atoms with E-state index in [2.05, 4.69) is 43.5 Å². The van der Waals surface area contributed by atoms with Gasteiger partial charge in [-0.25, -0.2) is 4.98 Å². The fourth-order valence-corrected chi connectivity index (χ4v) is 2.84. The van der Waals surface area contributed by atoms with Crippen molar-refractivity contribution in [3.63, 3.8) is 0 Å². The number of aromatic nitrogens is 1. The van der Waals surface area contributed by atoms with Gasteiger partial charge in [0.2, 0.25) is 5.89 Å². The van der Waals surface area contributed by atoms with Gasteiger partial charge < -0.3 is 4.42 Å². The average molecular weight is 414 g/mol. The highest BCUT2D eigenvalue weighted by Gasteiger charge is 2.11. The lowest BCUT2D eigenvalue weighted by Gasteiger charge is -1.95. The quantitative estimate of drug-likeness (QED) is 0.514. The van der Waals surface area contributed by atoms with E-state index in [1.165, 1.54) is 3.57 Å². The molecule has 0 unspecified atom stereocenters. The highest BCUT2D eigenvalue weighted by molar-refractivity contribution is 14.1. The molecular formula is C14H9BrINO. The summed E-state index contributed by atoms with van der Waals surface area (Å²) in [5.41, 5.74) is 3.84. The molecule has 0 aliphatic carbocycles. The van der Waals surface area contributed by atoms with Gasteiger partial charge in [0.25, 0.3) is 0 Å². The zero-order chi connectivity index (χ0) is 12.7. The lowest BCUT2D eigenvalue weighted by molar-refractivity contribution is 0.618. The van der Waals surface area contributed by atoms with Crippen molar-refractivity contribution >= 4 is 49.6 Å². The molecule has 0 fully saturated rings. The van der Waals surface area contributed by atoms with Crippen molar-refractivity contribution in [2.45, 2.75) is 6.92 Å². The number of halogens is 2. The molecule has 1 aromatic heterocycles. The Labute approximate surface area is 127 Å². The SMILES string of the molecule is Cc1cc(Br)c2oc(-c3ccc(I)cc3)nc2c1. The lowest BCUT2D eigenvalue weighted by atomic mass is 10.2. The Hall–Kier alpha value is -0.880. The summed E-state index contributed by atoms with van der Waals surface area (Å²) in [7, 11) is 0. The fourth-order valence-electron chi connectivity index (χ4n) is 1.84. The predicted molar refractivity (Wildman–Crippen MR) is 84.6 cm³/mol. The van der Waals surface area contributed by atoms with Crippen LogP contribution in [0.4, 0.5) is 0 Å². The van der Waals surface area contributed by atoms with Crippen molar-refractivity contribution in [3.05, 3.63) is 50.0 Å². The fraction of sp³-hybridized carbons (Fsp3) is 0.0714. The summed E-state index contributed by atoms with van der Waals surface area (Å²) < 4.78 is 7.96. The summed E-state index contributed by atoms with van der Waals surface area (Å²) in [5, 5.41) is 0. The van der Waals surface area contributed by atoms with E-state index in [4.69, 9.17) is 4.42 Å². The van der Waals surface area contributed by atoms with E-state index in [1.807, 2.05) is 43.3 Å². The van der Waals surface area contributed by atoms with Gasteiger partial charge in [-0.3, -0.25) is 0 Å². The monoisotopic (exact) mass is 413 g/mol. The van der Waals surface area contributed by atoms with Crippen molar-refractivity contribution in [1.82, 2.24) is 4.98 Å². The molecule has 90 valence electrons. The van der Waals surface area contributed by atoms with Crippen LogP contribution in [0.3, 0.4) is 0 Å². The first-order chi connectivity index (χ1) is 8.63. The first kappa shape index (κ1) is 12.2. The molecule has 0 saturated carbocycles. The first-order valence-corrected chi connectivity index (χ1v) is 7.33. The Balaban J connectivity index is 2.19. The summed E-state index contributed by atoms with van der Waals surface area (Å²) in [6.45, 7) is 2.05. The number of aryl methyl sites for hydroxylation is 1. The van der Waals surface area contributed by atoms with E-state index in [9.17, 15) is 0 Å². The Bertz CT molecular complexity index is 718. The van der Waals surface area contributed by atoms with Gasteiger partial charge in [-0.05, 0) is 87.4 Å². The second kappa shape index (κ2) is 4.66. The van der Waals surface area contributed by atoms with E-state index in [0.29, 0.717) is 5.89 Å². The smallest absolute Gasteiger partial charge is 0.227 e. The molecule has 0 amide bonds. The van der Waals surface area contributed by atoms with Gasteiger partial charge in [-0.1, -0.05) is 0 Å². The molecule has 0 aliphatic heterocycles. The number of fused-ring (bicyclic) bond motifs is 1. The van der Waals surface area contributed by atoms with Crippen LogP contribution in [-0.2, 0) is 0 Å². The van der Waals surface area contributed by atoms with Crippen LogP contribution in [0.1, 0.15) is 5.56 Å². The largest absolute Gasteiger partial charge is 0.435 e. The van der Waals surface area contributed by atoms with E-state index >= 15 is 0 Å². The summed E-state index contributed by atoms with van der Waals surface area (Å²) in [6, 6.07) is 12.2. The molecule has 0 atom stereocenters. The molecule has 4 heteroatoms. The molecule has 3 rings (SSSR count). The molecule has 0 N–H and O–H groups in total. The predicted octanol–water partition coefficient (Wildman–Crippen LogP) is 5.17. The Kier molecular flexibility index (Phi) is 3.15. The van der Waals surface area contributed by atoms with Gasteiger partial charge in [-0.15, -0.1) is 0 Å². The Morgan fingerprint density at radius 3 is 2.61 bits per heavy atom. The van der Waals surface area contributed by atoms with Gasteiger partial charge in [0.1, 0.15) is 5.52 Å². The van der Waals surface area contributed by atoms with Crippen molar-refractivity contribution in [3.8, 4) is 11.5 Å². The van der Waals surface area contributed by atoms with Crippen molar-refractivity contribution in [2.75, 3.05) is 0 Å². The van der Waals surface area contributed by atoms with Crippen LogP contribution in [0.25, 0.3) is 22.6 Å². The average Bonchev–Trinajstić information content (AvgIpc) is 2.74. The molecule has 3 aromatic rings. The summed E-state index contributed by atoms with van der Waals surface area (Å²) in [4.78, 5) is 4.54. The molecule has 18 heavy (non-hydrogen) atoms. The van der Waals surface area contributed by atoms with Crippen LogP contribution in [0.5, 0.6) is 0 Å². The summed E-state index contributed by atoms with van der Waals surface area (Å²) in [5.74, 6) is 0.660. The van der Waals surface area contributed by atoms with Gasteiger partial charge in [-0.2, -0.15) is 0 Å². The third-order valence-corrected chi connectivity index (χ3v) is 3.99. The number of hydrogen-bond acceptors (Lipinski definition) is 2. The molecule has 0 spiro atoms. The maximum atomic E-state index is 5.82. The minimum Gasteiger partial charge on any atom is -0.435 e. The van der Waals surface area contributed by atoms with Crippen LogP contribution in [0.2, 0.25) is 0 Å². The maximum Gasteiger partial charge on any atom is 0.227 e. The number of nitrogens with zero attached hydrogens (tertiary/aromatic N) is 1. The minimum absolute atomic E-state index is 0.660. The molecule has 2 aromatic carbocycles. The Morgan fingerprint density at radius 1 is 1.17 bits per heavy atom. The molecule has 0 aliphatic rings. The summed E-state index contributed by atoms with van der Waals surface area (Å²) in [6.07, 6.45) is 0. The van der Waals surface area contributed by atoms with Crippen LogP contribution < -0.4 is 0 Å². The molecule has 1 heterocycles. The van der Waals surface area contributed by atoms with Gasteiger partial charge in [0.15, 0.2) is 5.58 Å². The molecule has 2 nitrogen and oxygen atoms in total. The maximum absolute atomic E-state index is 5.82. The van der Waals surface area contributed by atoms with Gasteiger partial charge in [0.05, 0.1) is 4.47 Å². The zero-order valence-corrected chi connectivity index (χ0v) is 13.3. The number of benzene rings is 2. The summed E-state index contributed by atoms with van der Waals surface area (Å²) >= 11 is 5.79. The van der Waals surface area contributed by atoms with E-state index in [1.54, 1.807) is 0 Å². The van der Waals surface area contributed by atoms with E-state index in [0.717, 1.165) is 26.7 Å². The third-order valence-electron chi connectivity index (χ3n) is 2.68. The number of rotatable bonds is 1. The number of oxazole rings is 1. The molecule has 0 radical (unpaired) electrons. The molecule has 0 saturated heterocycles. The topological polar surface area (TPSA) is 26.0 Å². The van der Waals surface area contributed by atoms with Crippen molar-refractivity contribution in [1.29, 1.82) is 0 Å². The minimum atomic E-state index is 0.660. The second-order valence-corrected chi connectivity index (χ2v) is 6.22. The first-order valence-electron chi connectivity index (χ1n) is 5.46. The van der Waals surface area contributed by atoms with Crippen LogP contribution in [0.15, 0.2) is 45.3 Å². The molecular weight excluding hydrogens is 405 g/mol. The standard InChI is InChI=1S/C14H9BrINO/c1-8-6-11(15)13-12(7-8)17-14(18-13)9-2-4-10(16)5-3-9/h2-7H,1H3. The van der Waals surface area contributed by atoms with Crippen molar-refractivity contribution < 1.29 is 4.42 Å². The molecule has 0 bridgehead atoms. The normalized spacial score (nSPS) is 11.1. The van der Waals surface area contributed by atoms with Crippen LogP contribution in [-0.4, -0.2) is 4.98 Å². The highest BCUT2D eigenvalue weighted by Crippen LogP contribution is 2.30. The van der Waals surface area contributed by atoms with E-state index in [-0.39, 0.29) is 0 Å². The van der Waals surface area contributed by atoms with Crippen LogP contribution >= 0.6 is 38.5 Å². The lowest BCUT2D eigenvalue weighted by Crippen LogP contribution is -1.77. The van der Waals surface area contributed by atoms with Crippen LogP contribution in [0, 0.1) is 10.5 Å². The van der Waals surface area contributed by atoms with Gasteiger partial charge in [0, 0.05) is 9.13 Å².